The van der Waals surface area contributed by atoms with Crippen LogP contribution in [0, 0.1) is 0 Å². The first-order valence-electron chi connectivity index (χ1n) is 5.06. The van der Waals surface area contributed by atoms with Gasteiger partial charge in [-0.15, -0.1) is 0 Å². The molecule has 0 aliphatic heterocycles. The molecule has 4 heteroatoms. The highest BCUT2D eigenvalue weighted by molar-refractivity contribution is 5.87. The van der Waals surface area contributed by atoms with Gasteiger partial charge in [-0.25, -0.2) is 0 Å². The molecule has 0 atom stereocenters. The number of hydrogen-bond acceptors (Lipinski definition) is 3. The summed E-state index contributed by atoms with van der Waals surface area (Å²) < 4.78 is 5.22. The Morgan fingerprint density at radius 3 is 2.81 bits per heavy atom. The number of pyridine rings is 1. The average molecular weight is 219 g/mol. The minimum Gasteiger partial charge on any atom is -0.496 e. The minimum atomic E-state index is -0.153. The fourth-order valence-corrected chi connectivity index (χ4v) is 1.79. The van der Waals surface area contributed by atoms with E-state index in [2.05, 4.69) is 4.98 Å². The van der Waals surface area contributed by atoms with Crippen LogP contribution in [0.3, 0.4) is 0 Å². The van der Waals surface area contributed by atoms with Crippen molar-refractivity contribution in [2.24, 2.45) is 0 Å². The van der Waals surface area contributed by atoms with Crippen LogP contribution in [-0.2, 0) is 6.42 Å². The van der Waals surface area contributed by atoms with Crippen LogP contribution in [0.25, 0.3) is 10.9 Å². The molecule has 2 rings (SSSR count). The number of fused-ring (bicyclic) bond motifs is 1. The van der Waals surface area contributed by atoms with E-state index in [0.29, 0.717) is 12.2 Å². The monoisotopic (exact) mass is 219 g/mol. The number of H-pyrrole nitrogens is 1. The van der Waals surface area contributed by atoms with Gasteiger partial charge in [-0.2, -0.15) is 0 Å². The summed E-state index contributed by atoms with van der Waals surface area (Å²) in [5, 5.41) is 9.81. The van der Waals surface area contributed by atoms with E-state index >= 15 is 0 Å². The van der Waals surface area contributed by atoms with Gasteiger partial charge in [0.15, 0.2) is 0 Å². The van der Waals surface area contributed by atoms with Crippen molar-refractivity contribution in [2.75, 3.05) is 13.7 Å². The van der Waals surface area contributed by atoms with Crippen molar-refractivity contribution in [1.82, 2.24) is 4.98 Å². The van der Waals surface area contributed by atoms with Gasteiger partial charge in [0.1, 0.15) is 5.75 Å². The van der Waals surface area contributed by atoms with Crippen LogP contribution in [-0.4, -0.2) is 23.8 Å². The summed E-state index contributed by atoms with van der Waals surface area (Å²) in [5.74, 6) is 0.716. The standard InChI is InChI=1S/C12H13NO3/c1-16-10-4-2-8(6-7-14)12-9(10)3-5-11(15)13-12/h2-5,14H,6-7H2,1H3,(H,13,15). The van der Waals surface area contributed by atoms with Crippen molar-refractivity contribution in [3.63, 3.8) is 0 Å². The van der Waals surface area contributed by atoms with Gasteiger partial charge in [0, 0.05) is 18.1 Å². The number of aromatic nitrogens is 1. The Labute approximate surface area is 92.5 Å². The van der Waals surface area contributed by atoms with Crippen molar-refractivity contribution in [2.45, 2.75) is 6.42 Å². The second-order valence-corrected chi connectivity index (χ2v) is 3.51. The number of ether oxygens (including phenoxy) is 1. The van der Waals surface area contributed by atoms with Gasteiger partial charge < -0.3 is 14.8 Å². The summed E-state index contributed by atoms with van der Waals surface area (Å²) >= 11 is 0. The Bertz CT molecular complexity index is 560. The highest BCUT2D eigenvalue weighted by atomic mass is 16.5. The number of benzene rings is 1. The lowest BCUT2D eigenvalue weighted by atomic mass is 10.1. The zero-order chi connectivity index (χ0) is 11.5. The largest absolute Gasteiger partial charge is 0.496 e. The zero-order valence-corrected chi connectivity index (χ0v) is 8.99. The first-order chi connectivity index (χ1) is 7.76. The second kappa shape index (κ2) is 4.37. The number of aliphatic hydroxyl groups excluding tert-OH is 1. The zero-order valence-electron chi connectivity index (χ0n) is 8.99. The molecule has 1 heterocycles. The molecular weight excluding hydrogens is 206 g/mol. The van der Waals surface area contributed by atoms with Crippen molar-refractivity contribution in [3.05, 3.63) is 40.2 Å². The highest BCUT2D eigenvalue weighted by Gasteiger charge is 2.06. The number of aromatic amines is 1. The van der Waals surface area contributed by atoms with Gasteiger partial charge in [0.05, 0.1) is 12.6 Å². The van der Waals surface area contributed by atoms with Crippen LogP contribution < -0.4 is 10.3 Å². The molecule has 1 aromatic carbocycles. The molecule has 0 aliphatic rings. The molecule has 2 N–H and O–H groups in total. The predicted octanol–water partition coefficient (Wildman–Crippen LogP) is 1.07. The van der Waals surface area contributed by atoms with Crippen LogP contribution in [0.2, 0.25) is 0 Å². The second-order valence-electron chi connectivity index (χ2n) is 3.51. The Hall–Kier alpha value is -1.81. The Kier molecular flexibility index (Phi) is 2.92. The minimum absolute atomic E-state index is 0.0539. The molecule has 0 radical (unpaired) electrons. The number of nitrogens with one attached hydrogen (secondary N) is 1. The van der Waals surface area contributed by atoms with E-state index in [-0.39, 0.29) is 12.2 Å². The average Bonchev–Trinajstić information content (AvgIpc) is 2.30. The Morgan fingerprint density at radius 1 is 1.31 bits per heavy atom. The topological polar surface area (TPSA) is 62.3 Å². The number of hydrogen-bond donors (Lipinski definition) is 2. The molecule has 16 heavy (non-hydrogen) atoms. The van der Waals surface area contributed by atoms with Crippen LogP contribution in [0.5, 0.6) is 5.75 Å². The van der Waals surface area contributed by atoms with Gasteiger partial charge in [0.25, 0.3) is 0 Å². The van der Waals surface area contributed by atoms with Crippen LogP contribution >= 0.6 is 0 Å². The fourth-order valence-electron chi connectivity index (χ4n) is 1.79. The van der Waals surface area contributed by atoms with E-state index in [9.17, 15) is 4.79 Å². The Morgan fingerprint density at radius 2 is 2.12 bits per heavy atom. The molecule has 4 nitrogen and oxygen atoms in total. The maximum absolute atomic E-state index is 11.3. The molecule has 0 amide bonds. The first kappa shape index (κ1) is 10.7. The molecule has 2 aromatic rings. The maximum Gasteiger partial charge on any atom is 0.248 e. The third kappa shape index (κ3) is 1.79. The SMILES string of the molecule is COc1ccc(CCO)c2[nH]c(=O)ccc12. The van der Waals surface area contributed by atoms with Gasteiger partial charge >= 0.3 is 0 Å². The van der Waals surface area contributed by atoms with Crippen molar-refractivity contribution in [3.8, 4) is 5.75 Å². The third-order valence-electron chi connectivity index (χ3n) is 2.54. The van der Waals surface area contributed by atoms with Gasteiger partial charge in [-0.3, -0.25) is 4.79 Å². The third-order valence-corrected chi connectivity index (χ3v) is 2.54. The molecule has 0 aliphatic carbocycles. The lowest BCUT2D eigenvalue weighted by Crippen LogP contribution is -2.05. The Balaban J connectivity index is 2.75. The number of aliphatic hydroxyl groups is 1. The molecular formula is C12H13NO3. The van der Waals surface area contributed by atoms with E-state index in [1.807, 2.05) is 12.1 Å². The first-order valence-corrected chi connectivity index (χ1v) is 5.06. The van der Waals surface area contributed by atoms with Crippen LogP contribution in [0.4, 0.5) is 0 Å². The lowest BCUT2D eigenvalue weighted by molar-refractivity contribution is 0.300. The van der Waals surface area contributed by atoms with Gasteiger partial charge in [-0.05, 0) is 24.1 Å². The van der Waals surface area contributed by atoms with Gasteiger partial charge in [-0.1, -0.05) is 6.07 Å². The van der Waals surface area contributed by atoms with E-state index in [0.717, 1.165) is 16.5 Å². The van der Waals surface area contributed by atoms with Crippen molar-refractivity contribution >= 4 is 10.9 Å². The van der Waals surface area contributed by atoms with Crippen LogP contribution in [0.1, 0.15) is 5.56 Å². The van der Waals surface area contributed by atoms with E-state index in [4.69, 9.17) is 9.84 Å². The molecule has 1 aromatic heterocycles. The van der Waals surface area contributed by atoms with Crippen molar-refractivity contribution in [1.29, 1.82) is 0 Å². The molecule has 0 fully saturated rings. The summed E-state index contributed by atoms with van der Waals surface area (Å²) in [5.41, 5.74) is 1.50. The normalized spacial score (nSPS) is 10.6. The number of methoxy groups -OCH3 is 1. The summed E-state index contributed by atoms with van der Waals surface area (Å²) in [7, 11) is 1.59. The smallest absolute Gasteiger partial charge is 0.248 e. The van der Waals surface area contributed by atoms with E-state index in [1.165, 1.54) is 6.07 Å². The van der Waals surface area contributed by atoms with E-state index < -0.39 is 0 Å². The molecule has 0 unspecified atom stereocenters. The number of rotatable bonds is 3. The summed E-state index contributed by atoms with van der Waals surface area (Å²) in [6.07, 6.45) is 0.514. The molecule has 0 saturated heterocycles. The highest BCUT2D eigenvalue weighted by Crippen LogP contribution is 2.26. The molecule has 0 spiro atoms. The fraction of sp³-hybridized carbons (Fsp3) is 0.250. The molecule has 0 saturated carbocycles. The molecule has 84 valence electrons. The predicted molar refractivity (Wildman–Crippen MR) is 61.9 cm³/mol. The summed E-state index contributed by atoms with van der Waals surface area (Å²) in [6, 6.07) is 6.89. The molecule has 0 bridgehead atoms. The van der Waals surface area contributed by atoms with Crippen LogP contribution in [0.15, 0.2) is 29.1 Å². The quantitative estimate of drug-likeness (QED) is 0.811. The summed E-state index contributed by atoms with van der Waals surface area (Å²) in [6.45, 7) is 0.0539. The maximum atomic E-state index is 11.3. The summed E-state index contributed by atoms with van der Waals surface area (Å²) in [4.78, 5) is 14.1. The lowest BCUT2D eigenvalue weighted by Gasteiger charge is -2.08. The van der Waals surface area contributed by atoms with Gasteiger partial charge in [0.2, 0.25) is 5.56 Å². The van der Waals surface area contributed by atoms with Crippen molar-refractivity contribution < 1.29 is 9.84 Å². The van der Waals surface area contributed by atoms with E-state index in [1.54, 1.807) is 13.2 Å².